The second-order valence-corrected chi connectivity index (χ2v) is 9.61. The molecule has 0 aromatic heterocycles. The van der Waals surface area contributed by atoms with Gasteiger partial charge in [-0.2, -0.15) is 0 Å². The Labute approximate surface area is 197 Å². The lowest BCUT2D eigenvalue weighted by molar-refractivity contribution is 0.0170. The zero-order valence-electron chi connectivity index (χ0n) is 18.3. The smallest absolute Gasteiger partial charge is 0.191 e. The minimum atomic E-state index is -2.97. The van der Waals surface area contributed by atoms with Crippen molar-refractivity contribution >= 4 is 39.8 Å². The van der Waals surface area contributed by atoms with Gasteiger partial charge in [-0.3, -0.25) is 9.89 Å². The fourth-order valence-corrected chi connectivity index (χ4v) is 4.04. The minimum absolute atomic E-state index is 0. The molecule has 2 N–H and O–H groups in total. The van der Waals surface area contributed by atoms with Crippen LogP contribution in [0.2, 0.25) is 0 Å². The van der Waals surface area contributed by atoms with Crippen LogP contribution < -0.4 is 15.4 Å². The third-order valence-corrected chi connectivity index (χ3v) is 5.96. The number of benzene rings is 1. The molecule has 1 aliphatic heterocycles. The molecule has 0 bridgehead atoms. The number of aliphatic imine (C=N–C) groups is 1. The monoisotopic (exact) mass is 554 g/mol. The van der Waals surface area contributed by atoms with Crippen LogP contribution in [0.25, 0.3) is 0 Å². The molecule has 8 nitrogen and oxygen atoms in total. The Morgan fingerprint density at radius 2 is 1.90 bits per heavy atom. The fourth-order valence-electron chi connectivity index (χ4n) is 3.26. The van der Waals surface area contributed by atoms with E-state index in [1.54, 1.807) is 14.2 Å². The average molecular weight is 554 g/mol. The maximum atomic E-state index is 11.4. The number of methoxy groups -OCH3 is 1. The Hall–Kier alpha value is -1.11. The van der Waals surface area contributed by atoms with Crippen molar-refractivity contribution in [1.29, 1.82) is 0 Å². The third kappa shape index (κ3) is 9.36. The Balaban J connectivity index is 0.00000450. The van der Waals surface area contributed by atoms with Gasteiger partial charge in [-0.1, -0.05) is 12.1 Å². The summed E-state index contributed by atoms with van der Waals surface area (Å²) in [7, 11) is 0.409. The number of hydrogen-bond acceptors (Lipinski definition) is 6. The van der Waals surface area contributed by atoms with Crippen molar-refractivity contribution < 1.29 is 17.9 Å². The summed E-state index contributed by atoms with van der Waals surface area (Å²) in [5.74, 6) is 1.65. The molecule has 1 heterocycles. The number of sulfone groups is 1. The molecular formula is C20H35IN4O4S. The lowest BCUT2D eigenvalue weighted by atomic mass is 10.0. The van der Waals surface area contributed by atoms with Gasteiger partial charge >= 0.3 is 0 Å². The minimum Gasteiger partial charge on any atom is -0.497 e. The highest BCUT2D eigenvalue weighted by Gasteiger charge is 2.23. The molecule has 1 fully saturated rings. The molecule has 172 valence electrons. The van der Waals surface area contributed by atoms with Gasteiger partial charge in [0, 0.05) is 39.0 Å². The molecule has 1 aromatic rings. The number of morpholine rings is 1. The Morgan fingerprint density at radius 1 is 1.27 bits per heavy atom. The number of ether oxygens (including phenoxy) is 2. The molecule has 0 spiro atoms. The molecule has 1 aliphatic rings. The quantitative estimate of drug-likeness (QED) is 0.273. The van der Waals surface area contributed by atoms with E-state index in [9.17, 15) is 8.42 Å². The standard InChI is InChI=1S/C20H34N4O4S.HI/c1-16(9-14-29(4,25)26)23-20(21-2)22-15-19(24-10-12-28-13-11-24)17-5-7-18(27-3)8-6-17;/h5-8,16,19H,9-15H2,1-4H3,(H2,21,22,23);1H. The topological polar surface area (TPSA) is 92.3 Å². The molecule has 0 saturated carbocycles. The van der Waals surface area contributed by atoms with Crippen molar-refractivity contribution in [2.45, 2.75) is 25.4 Å². The summed E-state index contributed by atoms with van der Waals surface area (Å²) in [6.45, 7) is 5.82. The van der Waals surface area contributed by atoms with Gasteiger partial charge in [0.1, 0.15) is 15.6 Å². The van der Waals surface area contributed by atoms with Crippen molar-refractivity contribution in [1.82, 2.24) is 15.5 Å². The summed E-state index contributed by atoms with van der Waals surface area (Å²) in [5.41, 5.74) is 1.20. The van der Waals surface area contributed by atoms with Gasteiger partial charge in [0.15, 0.2) is 5.96 Å². The van der Waals surface area contributed by atoms with Crippen molar-refractivity contribution in [3.05, 3.63) is 29.8 Å². The normalized spacial score (nSPS) is 17.5. The van der Waals surface area contributed by atoms with Crippen LogP contribution in [0.5, 0.6) is 5.75 Å². The molecule has 2 unspecified atom stereocenters. The van der Waals surface area contributed by atoms with Crippen LogP contribution in [0.3, 0.4) is 0 Å². The Morgan fingerprint density at radius 3 is 2.43 bits per heavy atom. The molecule has 2 rings (SSSR count). The van der Waals surface area contributed by atoms with E-state index in [-0.39, 0.29) is 41.8 Å². The summed E-state index contributed by atoms with van der Waals surface area (Å²) in [6, 6.07) is 8.29. The SMILES string of the molecule is CN=C(NCC(c1ccc(OC)cc1)N1CCOCC1)NC(C)CCS(C)(=O)=O.I. The van der Waals surface area contributed by atoms with Crippen LogP contribution in [0.4, 0.5) is 0 Å². The summed E-state index contributed by atoms with van der Waals surface area (Å²) in [6.07, 6.45) is 1.79. The zero-order chi connectivity index (χ0) is 21.3. The first-order chi connectivity index (χ1) is 13.8. The molecule has 30 heavy (non-hydrogen) atoms. The van der Waals surface area contributed by atoms with E-state index < -0.39 is 9.84 Å². The van der Waals surface area contributed by atoms with Crippen LogP contribution >= 0.6 is 24.0 Å². The number of nitrogens with zero attached hydrogens (tertiary/aromatic N) is 2. The average Bonchev–Trinajstić information content (AvgIpc) is 2.72. The summed E-state index contributed by atoms with van der Waals surface area (Å²) in [5, 5.41) is 6.68. The van der Waals surface area contributed by atoms with Gasteiger partial charge in [-0.05, 0) is 31.0 Å². The molecule has 0 radical (unpaired) electrons. The summed E-state index contributed by atoms with van der Waals surface area (Å²) >= 11 is 0. The van der Waals surface area contributed by atoms with E-state index in [2.05, 4.69) is 32.7 Å². The largest absolute Gasteiger partial charge is 0.497 e. The first kappa shape index (κ1) is 26.9. The zero-order valence-corrected chi connectivity index (χ0v) is 21.4. The van der Waals surface area contributed by atoms with E-state index in [0.29, 0.717) is 18.9 Å². The van der Waals surface area contributed by atoms with Gasteiger partial charge in [0.25, 0.3) is 0 Å². The molecule has 2 atom stereocenters. The predicted octanol–water partition coefficient (Wildman–Crippen LogP) is 1.67. The fraction of sp³-hybridized carbons (Fsp3) is 0.650. The number of nitrogens with one attached hydrogen (secondary N) is 2. The number of rotatable bonds is 9. The van der Waals surface area contributed by atoms with Gasteiger partial charge in [-0.15, -0.1) is 24.0 Å². The van der Waals surface area contributed by atoms with Gasteiger partial charge in [0.2, 0.25) is 0 Å². The first-order valence-electron chi connectivity index (χ1n) is 9.93. The number of guanidine groups is 1. The summed E-state index contributed by atoms with van der Waals surface area (Å²) < 4.78 is 33.6. The van der Waals surface area contributed by atoms with Crippen molar-refractivity contribution in [2.75, 3.05) is 59.0 Å². The molecule has 0 amide bonds. The highest BCUT2D eigenvalue weighted by Crippen LogP contribution is 2.23. The Bertz CT molecular complexity index is 753. The molecule has 0 aliphatic carbocycles. The number of halogens is 1. The van der Waals surface area contributed by atoms with Crippen molar-refractivity contribution in [3.63, 3.8) is 0 Å². The predicted molar refractivity (Wildman–Crippen MR) is 132 cm³/mol. The second kappa shape index (κ2) is 13.3. The van der Waals surface area contributed by atoms with E-state index in [1.807, 2.05) is 19.1 Å². The molecule has 1 aromatic carbocycles. The first-order valence-corrected chi connectivity index (χ1v) is 12.0. The molecule has 1 saturated heterocycles. The van der Waals surface area contributed by atoms with E-state index >= 15 is 0 Å². The van der Waals surface area contributed by atoms with Crippen molar-refractivity contribution in [3.8, 4) is 5.75 Å². The van der Waals surface area contributed by atoms with E-state index in [1.165, 1.54) is 11.8 Å². The lowest BCUT2D eigenvalue weighted by Crippen LogP contribution is -2.48. The summed E-state index contributed by atoms with van der Waals surface area (Å²) in [4.78, 5) is 6.69. The van der Waals surface area contributed by atoms with Crippen LogP contribution in [0, 0.1) is 0 Å². The molecular weight excluding hydrogens is 519 g/mol. The molecule has 10 heteroatoms. The maximum Gasteiger partial charge on any atom is 0.191 e. The Kier molecular flexibility index (Phi) is 12.0. The van der Waals surface area contributed by atoms with E-state index in [4.69, 9.17) is 9.47 Å². The van der Waals surface area contributed by atoms with Gasteiger partial charge in [0.05, 0.1) is 32.1 Å². The van der Waals surface area contributed by atoms with Crippen LogP contribution in [0.15, 0.2) is 29.3 Å². The van der Waals surface area contributed by atoms with E-state index in [0.717, 1.165) is 32.1 Å². The highest BCUT2D eigenvalue weighted by atomic mass is 127. The third-order valence-electron chi connectivity index (χ3n) is 4.98. The van der Waals surface area contributed by atoms with Crippen LogP contribution in [-0.2, 0) is 14.6 Å². The van der Waals surface area contributed by atoms with Crippen LogP contribution in [0.1, 0.15) is 24.9 Å². The maximum absolute atomic E-state index is 11.4. The second-order valence-electron chi connectivity index (χ2n) is 7.35. The number of hydrogen-bond donors (Lipinski definition) is 2. The highest BCUT2D eigenvalue weighted by molar-refractivity contribution is 14.0. The van der Waals surface area contributed by atoms with Crippen molar-refractivity contribution in [2.24, 2.45) is 4.99 Å². The van der Waals surface area contributed by atoms with Crippen LogP contribution in [-0.4, -0.2) is 84.3 Å². The lowest BCUT2D eigenvalue weighted by Gasteiger charge is -2.35. The van der Waals surface area contributed by atoms with Gasteiger partial charge in [-0.25, -0.2) is 8.42 Å². The van der Waals surface area contributed by atoms with Gasteiger partial charge < -0.3 is 20.1 Å².